The second-order valence-electron chi connectivity index (χ2n) is 4.50. The molecule has 12 heteroatoms. The van der Waals surface area contributed by atoms with Gasteiger partial charge in [0, 0.05) is 0 Å². The second-order valence-corrected chi connectivity index (χ2v) is 13.8. The maximum atomic E-state index is 11.2. The molecule has 0 saturated carbocycles. The average Bonchev–Trinajstić information content (AvgIpc) is 2.51. The Morgan fingerprint density at radius 3 is 2.12 bits per heavy atom. The molecule has 0 spiro atoms. The Hall–Kier alpha value is -0.330. The summed E-state index contributed by atoms with van der Waals surface area (Å²) in [6, 6.07) is 8.47. The molecule has 2 rings (SSSR count). The van der Waals surface area contributed by atoms with Crippen molar-refractivity contribution in [2.75, 3.05) is 0 Å². The molecule has 2 aromatic carbocycles. The smallest absolute Gasteiger partial charge is 1.00 e. The van der Waals surface area contributed by atoms with E-state index in [9.17, 15) is 28.3 Å². The summed E-state index contributed by atoms with van der Waals surface area (Å²) >= 11 is -5.36. The zero-order chi connectivity index (χ0) is 17.0. The maximum Gasteiger partial charge on any atom is 1.00 e. The third kappa shape index (κ3) is 5.09. The van der Waals surface area contributed by atoms with E-state index in [2.05, 4.69) is 0 Å². The summed E-state index contributed by atoms with van der Waals surface area (Å²) in [5, 5.41) is 31.7. The molecule has 0 aliphatic heterocycles. The van der Waals surface area contributed by atoms with E-state index in [1.165, 1.54) is 36.4 Å². The average molecular weight is 715 g/mol. The molecule has 24 heavy (non-hydrogen) atoms. The number of nitro benzene ring substituents is 2. The molecule has 0 aliphatic carbocycles. The maximum absolute atomic E-state index is 11.2. The SMILES string of the molecule is O=[N+]([O-])c1c(O)ccc[c]1[Hg][O]c1ccc[c]([Hg][O-])c1[N+](=O)[O-].[Na+]. The fourth-order valence-corrected chi connectivity index (χ4v) is 9.44. The monoisotopic (exact) mass is 718 g/mol. The molecule has 112 valence electrons. The summed E-state index contributed by atoms with van der Waals surface area (Å²) in [5.41, 5.74) is -0.733. The Morgan fingerprint density at radius 2 is 1.54 bits per heavy atom. The van der Waals surface area contributed by atoms with Gasteiger partial charge in [-0.05, 0) is 0 Å². The third-order valence-corrected chi connectivity index (χ3v) is 11.7. The van der Waals surface area contributed by atoms with Crippen molar-refractivity contribution in [2.45, 2.75) is 0 Å². The molecule has 0 amide bonds. The topological polar surface area (TPSA) is 139 Å². The van der Waals surface area contributed by atoms with E-state index in [1.54, 1.807) is 0 Å². The van der Waals surface area contributed by atoms with Gasteiger partial charge in [-0.2, -0.15) is 0 Å². The number of para-hydroxylation sites is 2. The van der Waals surface area contributed by atoms with E-state index in [0.717, 1.165) is 0 Å². The minimum absolute atomic E-state index is 0. The van der Waals surface area contributed by atoms with Crippen LogP contribution in [0.1, 0.15) is 0 Å². The first-order valence-corrected chi connectivity index (χ1v) is 16.4. The zero-order valence-electron chi connectivity index (χ0n) is 12.7. The summed E-state index contributed by atoms with van der Waals surface area (Å²) in [4.78, 5) is 20.8. The number of hydrogen-bond acceptors (Lipinski definition) is 7. The van der Waals surface area contributed by atoms with E-state index in [4.69, 9.17) is 2.64 Å². The third-order valence-electron chi connectivity index (χ3n) is 3.08. The van der Waals surface area contributed by atoms with Crippen molar-refractivity contribution in [3.05, 3.63) is 56.6 Å². The minimum Gasteiger partial charge on any atom is 1.00 e. The van der Waals surface area contributed by atoms with Crippen molar-refractivity contribution in [1.82, 2.24) is 0 Å². The number of phenolic OH excluding ortho intramolecular Hbond substituents is 1. The minimum atomic E-state index is -2.75. The molecule has 1 N–H and O–H groups in total. The van der Waals surface area contributed by atoms with Crippen LogP contribution in [-0.4, -0.2) is 15.0 Å². The summed E-state index contributed by atoms with van der Waals surface area (Å²) in [5.74, 6) is -0.474. The van der Waals surface area contributed by atoms with Crippen molar-refractivity contribution in [3.8, 4) is 11.5 Å². The number of hydrogen-bond donors (Lipinski definition) is 1. The largest absolute Gasteiger partial charge is 1.00 e. The van der Waals surface area contributed by atoms with Gasteiger partial charge in [-0.25, -0.2) is 0 Å². The molecule has 0 saturated heterocycles. The van der Waals surface area contributed by atoms with Crippen LogP contribution in [0.4, 0.5) is 11.4 Å². The Kier molecular flexibility index (Phi) is 9.02. The van der Waals surface area contributed by atoms with E-state index in [1.807, 2.05) is 0 Å². The van der Waals surface area contributed by atoms with Crippen molar-refractivity contribution < 1.29 is 100 Å². The molecule has 0 atom stereocenters. The van der Waals surface area contributed by atoms with Crippen LogP contribution in [-0.2, 0) is 50.1 Å². The van der Waals surface area contributed by atoms with Crippen LogP contribution in [0.2, 0.25) is 0 Å². The van der Waals surface area contributed by atoms with Crippen molar-refractivity contribution >= 4 is 17.5 Å². The van der Waals surface area contributed by atoms with Crippen LogP contribution in [0.25, 0.3) is 0 Å². The van der Waals surface area contributed by atoms with Crippen molar-refractivity contribution in [3.63, 3.8) is 0 Å². The Labute approximate surface area is 183 Å². The predicted molar refractivity (Wildman–Crippen MR) is 67.8 cm³/mol. The van der Waals surface area contributed by atoms with Gasteiger partial charge in [0.25, 0.3) is 0 Å². The van der Waals surface area contributed by atoms with Crippen LogP contribution < -0.4 is 41.4 Å². The van der Waals surface area contributed by atoms with Gasteiger partial charge in [0.1, 0.15) is 0 Å². The quantitative estimate of drug-likeness (QED) is 0.190. The van der Waals surface area contributed by atoms with E-state index in [-0.39, 0.29) is 44.1 Å². The molecule has 0 aromatic heterocycles. The zero-order valence-corrected chi connectivity index (χ0v) is 25.7. The molecule has 0 fully saturated rings. The molecule has 9 nitrogen and oxygen atoms in total. The van der Waals surface area contributed by atoms with E-state index >= 15 is 0 Å². The number of rotatable bonds is 6. The van der Waals surface area contributed by atoms with E-state index < -0.39 is 71.3 Å². The summed E-state index contributed by atoms with van der Waals surface area (Å²) in [7, 11) is 0. The molecular weight excluding hydrogens is 708 g/mol. The number of nitrogens with zero attached hydrogens (tertiary/aromatic N) is 2. The molecule has 0 unspecified atom stereocenters. The first-order valence-electron chi connectivity index (χ1n) is 6.38. The standard InChI is InChI=1S/2C6H4NO3.2Hg.Na.O/c2*8-6-4-2-1-3-5(6)7(9)10;;;;/h2*1-2,4,8H;;;;/q;;;2*+1;-1/p-1. The van der Waals surface area contributed by atoms with Gasteiger partial charge in [0.05, 0.1) is 0 Å². The van der Waals surface area contributed by atoms with Gasteiger partial charge in [0.2, 0.25) is 0 Å². The van der Waals surface area contributed by atoms with Gasteiger partial charge < -0.3 is 0 Å². The summed E-state index contributed by atoms with van der Waals surface area (Å²) < 4.78 is 17.3. The fourth-order valence-electron chi connectivity index (χ4n) is 2.07. The molecule has 2 aromatic rings. The molecule has 0 bridgehead atoms. The van der Waals surface area contributed by atoms with Crippen molar-refractivity contribution in [2.24, 2.45) is 0 Å². The second kappa shape index (κ2) is 9.97. The Morgan fingerprint density at radius 1 is 0.958 bits per heavy atom. The fraction of sp³-hybridized carbons (Fsp3) is 0. The summed E-state index contributed by atoms with van der Waals surface area (Å²) in [6.07, 6.45) is 0. The van der Waals surface area contributed by atoms with Crippen LogP contribution in [0, 0.1) is 20.2 Å². The number of aromatic hydroxyl groups is 1. The van der Waals surface area contributed by atoms with Crippen LogP contribution >= 0.6 is 0 Å². The van der Waals surface area contributed by atoms with Crippen molar-refractivity contribution in [1.29, 1.82) is 0 Å². The Balaban J connectivity index is 0.00000288. The van der Waals surface area contributed by atoms with Gasteiger partial charge in [0.15, 0.2) is 0 Å². The summed E-state index contributed by atoms with van der Waals surface area (Å²) in [6.45, 7) is 0. The molecular formula is C12H7Hg2N2NaO7. The number of benzene rings is 2. The van der Waals surface area contributed by atoms with Gasteiger partial charge in [-0.3, -0.25) is 0 Å². The van der Waals surface area contributed by atoms with Crippen LogP contribution in [0.3, 0.4) is 0 Å². The van der Waals surface area contributed by atoms with Gasteiger partial charge in [-0.1, -0.05) is 0 Å². The molecule has 0 heterocycles. The first-order chi connectivity index (χ1) is 11.0. The predicted octanol–water partition coefficient (Wildman–Crippen LogP) is -3.10. The van der Waals surface area contributed by atoms with Crippen LogP contribution in [0.15, 0.2) is 36.4 Å². The van der Waals surface area contributed by atoms with Gasteiger partial charge in [-0.15, -0.1) is 0 Å². The molecule has 0 aliphatic rings. The molecule has 0 radical (unpaired) electrons. The van der Waals surface area contributed by atoms with Crippen LogP contribution in [0.5, 0.6) is 11.5 Å². The van der Waals surface area contributed by atoms with Gasteiger partial charge >= 0.3 is 186 Å². The Bertz CT molecular complexity index is 775. The number of phenols is 1. The number of nitro groups is 2. The first kappa shape index (κ1) is 21.7. The van der Waals surface area contributed by atoms with E-state index in [0.29, 0.717) is 3.07 Å². The normalized spacial score (nSPS) is 9.21.